The highest BCUT2D eigenvalue weighted by Gasteiger charge is 2.29. The number of nitrogens with one attached hydrogen (secondary N) is 2. The second-order valence-corrected chi connectivity index (χ2v) is 8.29. The molecule has 0 spiro atoms. The van der Waals surface area contributed by atoms with E-state index in [1.54, 1.807) is 25.1 Å². The van der Waals surface area contributed by atoms with Gasteiger partial charge < -0.3 is 15.0 Å². The number of carbonyl (C=O) groups excluding carboxylic acids is 1. The summed E-state index contributed by atoms with van der Waals surface area (Å²) in [4.78, 5) is 46.9. The topological polar surface area (TPSA) is 109 Å². The number of rotatable bonds is 5. The van der Waals surface area contributed by atoms with E-state index in [0.717, 1.165) is 12.8 Å². The van der Waals surface area contributed by atoms with Crippen molar-refractivity contribution in [3.05, 3.63) is 62.2 Å². The molecule has 0 radical (unpaired) electrons. The van der Waals surface area contributed by atoms with E-state index in [2.05, 4.69) is 15.3 Å². The summed E-state index contributed by atoms with van der Waals surface area (Å²) in [6, 6.07) is 6.12. The number of hydrogen-bond acceptors (Lipinski definition) is 6. The van der Waals surface area contributed by atoms with Gasteiger partial charge in [-0.1, -0.05) is 0 Å². The predicted octanol–water partition coefficient (Wildman–Crippen LogP) is 2.21. The van der Waals surface area contributed by atoms with Crippen LogP contribution in [-0.4, -0.2) is 46.7 Å². The minimum Gasteiger partial charge on any atom is -0.378 e. The lowest BCUT2D eigenvalue weighted by atomic mass is 10.1. The Morgan fingerprint density at radius 1 is 1.24 bits per heavy atom. The van der Waals surface area contributed by atoms with Crippen molar-refractivity contribution in [1.82, 2.24) is 14.5 Å². The fraction of sp³-hybridized carbons (Fsp3) is 0.391. The first-order valence-corrected chi connectivity index (χ1v) is 11.1. The third-order valence-electron chi connectivity index (χ3n) is 6.08. The average Bonchev–Trinajstić information content (AvgIpc) is 3.65. The van der Waals surface area contributed by atoms with Crippen LogP contribution in [0.3, 0.4) is 0 Å². The number of amides is 1. The highest BCUT2D eigenvalue weighted by atomic mass is 19.1. The summed E-state index contributed by atoms with van der Waals surface area (Å²) >= 11 is 0. The number of halogens is 1. The summed E-state index contributed by atoms with van der Waals surface area (Å²) in [6.07, 6.45) is 1.88. The molecule has 2 aliphatic rings. The maximum atomic E-state index is 14.8. The van der Waals surface area contributed by atoms with Crippen LogP contribution in [0.15, 0.2) is 33.9 Å². The molecule has 2 fully saturated rings. The normalized spacial score (nSPS) is 16.2. The molecule has 0 bridgehead atoms. The van der Waals surface area contributed by atoms with Gasteiger partial charge in [-0.3, -0.25) is 19.1 Å². The smallest absolute Gasteiger partial charge is 0.329 e. The average molecular weight is 453 g/mol. The molecular weight excluding hydrogens is 429 g/mol. The molecule has 1 aliphatic carbocycles. The zero-order chi connectivity index (χ0) is 23.1. The van der Waals surface area contributed by atoms with Gasteiger partial charge >= 0.3 is 5.69 Å². The van der Waals surface area contributed by atoms with Crippen LogP contribution in [0.4, 0.5) is 15.8 Å². The van der Waals surface area contributed by atoms with Crippen LogP contribution >= 0.6 is 0 Å². The van der Waals surface area contributed by atoms with Gasteiger partial charge in [0.25, 0.3) is 11.5 Å². The Hall–Kier alpha value is -3.53. The van der Waals surface area contributed by atoms with Crippen molar-refractivity contribution in [3.63, 3.8) is 0 Å². The molecule has 33 heavy (non-hydrogen) atoms. The summed E-state index contributed by atoms with van der Waals surface area (Å²) in [7, 11) is 0. The Kier molecular flexibility index (Phi) is 5.45. The molecule has 2 N–H and O–H groups in total. The van der Waals surface area contributed by atoms with Crippen LogP contribution in [0.5, 0.6) is 0 Å². The first kappa shape index (κ1) is 21.3. The van der Waals surface area contributed by atoms with Gasteiger partial charge in [-0.2, -0.15) is 0 Å². The minimum atomic E-state index is -0.673. The summed E-state index contributed by atoms with van der Waals surface area (Å²) < 4.78 is 21.4. The fourth-order valence-corrected chi connectivity index (χ4v) is 4.20. The molecule has 1 aromatic carbocycles. The van der Waals surface area contributed by atoms with Gasteiger partial charge in [0.1, 0.15) is 5.82 Å². The summed E-state index contributed by atoms with van der Waals surface area (Å²) in [5.41, 5.74) is 0.459. The Balaban J connectivity index is 1.53. The molecule has 1 aliphatic heterocycles. The van der Waals surface area contributed by atoms with Crippen molar-refractivity contribution in [2.45, 2.75) is 32.2 Å². The molecule has 9 nitrogen and oxygen atoms in total. The van der Waals surface area contributed by atoms with Gasteiger partial charge in [-0.15, -0.1) is 0 Å². The van der Waals surface area contributed by atoms with Gasteiger partial charge in [0, 0.05) is 36.9 Å². The van der Waals surface area contributed by atoms with E-state index >= 15 is 0 Å². The van der Waals surface area contributed by atoms with E-state index in [1.165, 1.54) is 10.6 Å². The molecule has 1 saturated carbocycles. The minimum absolute atomic E-state index is 0.0451. The van der Waals surface area contributed by atoms with Gasteiger partial charge in [0.05, 0.1) is 29.9 Å². The number of carbonyl (C=O) groups is 1. The van der Waals surface area contributed by atoms with Crippen molar-refractivity contribution in [2.75, 3.05) is 36.5 Å². The maximum Gasteiger partial charge on any atom is 0.329 e. The summed E-state index contributed by atoms with van der Waals surface area (Å²) in [5.74, 6) is -0.814. The third kappa shape index (κ3) is 4.02. The number of ether oxygens (including phenoxy) is 1. The fourth-order valence-electron chi connectivity index (χ4n) is 4.20. The van der Waals surface area contributed by atoms with E-state index < -0.39 is 23.0 Å². The van der Waals surface area contributed by atoms with E-state index in [9.17, 15) is 18.8 Å². The molecule has 10 heteroatoms. The van der Waals surface area contributed by atoms with Crippen LogP contribution in [-0.2, 0) is 11.3 Å². The Morgan fingerprint density at radius 3 is 2.67 bits per heavy atom. The van der Waals surface area contributed by atoms with Crippen molar-refractivity contribution in [3.8, 4) is 0 Å². The molecule has 2 aromatic heterocycles. The quantitative estimate of drug-likeness (QED) is 0.613. The molecule has 3 aromatic rings. The number of H-pyrrole nitrogens is 1. The molecule has 5 rings (SSSR count). The predicted molar refractivity (Wildman–Crippen MR) is 122 cm³/mol. The van der Waals surface area contributed by atoms with Crippen LogP contribution in [0.2, 0.25) is 0 Å². The van der Waals surface area contributed by atoms with Crippen molar-refractivity contribution in [2.24, 2.45) is 0 Å². The van der Waals surface area contributed by atoms with Crippen molar-refractivity contribution in [1.29, 1.82) is 0 Å². The van der Waals surface area contributed by atoms with Crippen LogP contribution in [0.1, 0.15) is 41.7 Å². The van der Waals surface area contributed by atoms with E-state index in [4.69, 9.17) is 4.74 Å². The highest BCUT2D eigenvalue weighted by molar-refractivity contribution is 6.12. The molecule has 1 amide bonds. The number of nitrogens with zero attached hydrogens (tertiary/aromatic N) is 3. The maximum absolute atomic E-state index is 14.8. The van der Waals surface area contributed by atoms with Gasteiger partial charge in [0.15, 0.2) is 5.65 Å². The number of hydrogen-bond donors (Lipinski definition) is 2. The largest absolute Gasteiger partial charge is 0.378 e. The van der Waals surface area contributed by atoms with Gasteiger partial charge in [0.2, 0.25) is 0 Å². The van der Waals surface area contributed by atoms with Crippen LogP contribution < -0.4 is 21.5 Å². The first-order valence-electron chi connectivity index (χ1n) is 11.1. The summed E-state index contributed by atoms with van der Waals surface area (Å²) in [5, 5.41) is 2.74. The van der Waals surface area contributed by atoms with E-state index in [-0.39, 0.29) is 28.2 Å². The standard InChI is InChI=1S/C23H24FN5O4/c1-2-29-20-19(22(31)27-23(29)32)15(12-17(26-20)13-3-4-13)21(30)25-14-5-6-18(16(24)11-14)28-7-9-33-10-8-28/h5-6,11-13H,2-4,7-10H2,1H3,(H,25,30)(H,27,31,32). The molecule has 1 saturated heterocycles. The molecule has 0 atom stereocenters. The molecular formula is C23H24FN5O4. The number of aromatic amines is 1. The second kappa shape index (κ2) is 8.43. The number of aromatic nitrogens is 3. The molecule has 0 unspecified atom stereocenters. The molecule has 172 valence electrons. The van der Waals surface area contributed by atoms with E-state index in [1.807, 2.05) is 4.90 Å². The van der Waals surface area contributed by atoms with Crippen LogP contribution in [0, 0.1) is 5.82 Å². The number of benzene rings is 1. The second-order valence-electron chi connectivity index (χ2n) is 8.29. The lowest BCUT2D eigenvalue weighted by molar-refractivity contribution is 0.102. The zero-order valence-electron chi connectivity index (χ0n) is 18.2. The lowest BCUT2D eigenvalue weighted by Gasteiger charge is -2.29. The van der Waals surface area contributed by atoms with Crippen molar-refractivity contribution < 1.29 is 13.9 Å². The number of morpholine rings is 1. The number of aryl methyl sites for hydroxylation is 1. The first-order chi connectivity index (χ1) is 16.0. The Bertz CT molecular complexity index is 1360. The van der Waals surface area contributed by atoms with Gasteiger partial charge in [-0.05, 0) is 44.0 Å². The number of fused-ring (bicyclic) bond motifs is 1. The van der Waals surface area contributed by atoms with Gasteiger partial charge in [-0.25, -0.2) is 14.2 Å². The monoisotopic (exact) mass is 453 g/mol. The number of pyridine rings is 1. The molecule has 3 heterocycles. The van der Waals surface area contributed by atoms with E-state index in [0.29, 0.717) is 44.2 Å². The summed E-state index contributed by atoms with van der Waals surface area (Å²) in [6.45, 7) is 4.32. The zero-order valence-corrected chi connectivity index (χ0v) is 18.2. The third-order valence-corrected chi connectivity index (χ3v) is 6.08. The Labute approximate surface area is 188 Å². The lowest BCUT2D eigenvalue weighted by Crippen LogP contribution is -2.36. The Morgan fingerprint density at radius 2 is 2.00 bits per heavy atom. The number of anilines is 2. The SMILES string of the molecule is CCn1c(=O)[nH]c(=O)c2c(C(=O)Nc3ccc(N4CCOCC4)c(F)c3)cc(C3CC3)nc21. The van der Waals surface area contributed by atoms with Crippen molar-refractivity contribution >= 4 is 28.3 Å². The highest BCUT2D eigenvalue weighted by Crippen LogP contribution is 2.40. The van der Waals surface area contributed by atoms with Crippen LogP contribution in [0.25, 0.3) is 11.0 Å².